The number of likely N-dealkylation sites (tertiary alicyclic amines) is 1. The number of carbonyl (C=O) groups is 2. The monoisotopic (exact) mass is 228 g/mol. The fourth-order valence-corrected chi connectivity index (χ4v) is 1.86. The minimum atomic E-state index is -0.0564. The number of methoxy groups -OCH3 is 1. The fraction of sp³-hybridized carbons (Fsp3) is 0.818. The highest BCUT2D eigenvalue weighted by Gasteiger charge is 2.24. The molecule has 0 aromatic carbocycles. The molecule has 0 radical (unpaired) electrons. The van der Waals surface area contributed by atoms with Crippen LogP contribution in [0.15, 0.2) is 0 Å². The van der Waals surface area contributed by atoms with Crippen molar-refractivity contribution in [3.63, 3.8) is 0 Å². The van der Waals surface area contributed by atoms with Gasteiger partial charge in [-0.05, 0) is 19.8 Å². The van der Waals surface area contributed by atoms with Crippen molar-refractivity contribution in [3.05, 3.63) is 0 Å². The van der Waals surface area contributed by atoms with Gasteiger partial charge in [0.1, 0.15) is 5.78 Å². The highest BCUT2D eigenvalue weighted by atomic mass is 16.5. The first-order chi connectivity index (χ1) is 7.65. The average molecular weight is 228 g/mol. The standard InChI is InChI=1S/C11H20N2O3/c1-9(14)10-3-6-13(7-4-10)11(15)12-5-8-16-2/h10H,3-8H2,1-2H3,(H,12,15). The highest BCUT2D eigenvalue weighted by Crippen LogP contribution is 2.17. The van der Waals surface area contributed by atoms with Gasteiger partial charge in [0.05, 0.1) is 6.61 Å². The van der Waals surface area contributed by atoms with Crippen LogP contribution in [0.1, 0.15) is 19.8 Å². The molecule has 1 aliphatic heterocycles. The van der Waals surface area contributed by atoms with Gasteiger partial charge in [0, 0.05) is 32.7 Å². The Labute approximate surface area is 96.1 Å². The van der Waals surface area contributed by atoms with Gasteiger partial charge in [0.2, 0.25) is 0 Å². The Morgan fingerprint density at radius 1 is 1.38 bits per heavy atom. The van der Waals surface area contributed by atoms with Crippen molar-refractivity contribution in [1.29, 1.82) is 0 Å². The summed E-state index contributed by atoms with van der Waals surface area (Å²) in [5.41, 5.74) is 0. The van der Waals surface area contributed by atoms with Crippen LogP contribution in [0.2, 0.25) is 0 Å². The van der Waals surface area contributed by atoms with Crippen molar-refractivity contribution in [1.82, 2.24) is 10.2 Å². The van der Waals surface area contributed by atoms with E-state index < -0.39 is 0 Å². The number of ketones is 1. The molecule has 1 heterocycles. The second kappa shape index (κ2) is 6.48. The van der Waals surface area contributed by atoms with E-state index in [1.807, 2.05) is 0 Å². The van der Waals surface area contributed by atoms with Crippen molar-refractivity contribution in [3.8, 4) is 0 Å². The second-order valence-electron chi connectivity index (χ2n) is 4.10. The molecular formula is C11H20N2O3. The molecule has 0 aliphatic carbocycles. The van der Waals surface area contributed by atoms with Crippen LogP contribution < -0.4 is 5.32 Å². The van der Waals surface area contributed by atoms with Crippen molar-refractivity contribution < 1.29 is 14.3 Å². The van der Waals surface area contributed by atoms with Crippen LogP contribution in [0.4, 0.5) is 4.79 Å². The number of rotatable bonds is 4. The second-order valence-corrected chi connectivity index (χ2v) is 4.10. The van der Waals surface area contributed by atoms with Crippen molar-refractivity contribution in [2.24, 2.45) is 5.92 Å². The van der Waals surface area contributed by atoms with Crippen molar-refractivity contribution in [2.75, 3.05) is 33.4 Å². The van der Waals surface area contributed by atoms with Gasteiger partial charge >= 0.3 is 6.03 Å². The lowest BCUT2D eigenvalue weighted by atomic mass is 9.93. The Morgan fingerprint density at radius 3 is 2.50 bits per heavy atom. The van der Waals surface area contributed by atoms with E-state index in [0.29, 0.717) is 26.2 Å². The molecule has 16 heavy (non-hydrogen) atoms. The van der Waals surface area contributed by atoms with E-state index in [1.54, 1.807) is 18.9 Å². The Hall–Kier alpha value is -1.10. The van der Waals surface area contributed by atoms with Gasteiger partial charge in [0.25, 0.3) is 0 Å². The number of carbonyl (C=O) groups excluding carboxylic acids is 2. The van der Waals surface area contributed by atoms with Crippen LogP contribution in [0, 0.1) is 5.92 Å². The maximum atomic E-state index is 11.6. The summed E-state index contributed by atoms with van der Waals surface area (Å²) in [7, 11) is 1.60. The summed E-state index contributed by atoms with van der Waals surface area (Å²) in [5, 5.41) is 2.77. The van der Waals surface area contributed by atoms with Crippen molar-refractivity contribution in [2.45, 2.75) is 19.8 Å². The number of nitrogens with zero attached hydrogens (tertiary/aromatic N) is 1. The molecule has 0 unspecified atom stereocenters. The predicted octanol–water partition coefficient (Wildman–Crippen LogP) is 0.643. The molecule has 2 amide bonds. The van der Waals surface area contributed by atoms with Crippen LogP contribution in [0.25, 0.3) is 0 Å². The molecule has 1 rings (SSSR count). The molecule has 1 saturated heterocycles. The normalized spacial score (nSPS) is 17.2. The van der Waals surface area contributed by atoms with Gasteiger partial charge < -0.3 is 15.0 Å². The highest BCUT2D eigenvalue weighted by molar-refractivity contribution is 5.79. The van der Waals surface area contributed by atoms with E-state index in [2.05, 4.69) is 5.32 Å². The largest absolute Gasteiger partial charge is 0.383 e. The number of hydrogen-bond acceptors (Lipinski definition) is 3. The number of urea groups is 1. The minimum absolute atomic E-state index is 0.0564. The fourth-order valence-electron chi connectivity index (χ4n) is 1.86. The maximum Gasteiger partial charge on any atom is 0.317 e. The van der Waals surface area contributed by atoms with Gasteiger partial charge in [-0.15, -0.1) is 0 Å². The first-order valence-corrected chi connectivity index (χ1v) is 5.67. The number of nitrogens with one attached hydrogen (secondary N) is 1. The zero-order valence-corrected chi connectivity index (χ0v) is 9.99. The zero-order chi connectivity index (χ0) is 12.0. The van der Waals surface area contributed by atoms with Gasteiger partial charge in [-0.3, -0.25) is 4.79 Å². The molecule has 0 saturated carbocycles. The predicted molar refractivity (Wildman–Crippen MR) is 60.3 cm³/mol. The summed E-state index contributed by atoms with van der Waals surface area (Å²) in [6.07, 6.45) is 1.57. The number of piperidine rings is 1. The summed E-state index contributed by atoms with van der Waals surface area (Å²) in [4.78, 5) is 24.5. The van der Waals surface area contributed by atoms with E-state index in [-0.39, 0.29) is 17.7 Å². The molecular weight excluding hydrogens is 208 g/mol. The third kappa shape index (κ3) is 3.81. The molecule has 0 atom stereocenters. The number of ether oxygens (including phenoxy) is 1. The zero-order valence-electron chi connectivity index (χ0n) is 9.99. The molecule has 0 spiro atoms. The third-order valence-corrected chi connectivity index (χ3v) is 2.94. The SMILES string of the molecule is COCCNC(=O)N1CCC(C(C)=O)CC1. The van der Waals surface area contributed by atoms with Crippen LogP contribution in [0.5, 0.6) is 0 Å². The van der Waals surface area contributed by atoms with E-state index in [1.165, 1.54) is 0 Å². The van der Waals surface area contributed by atoms with Gasteiger partial charge in [-0.1, -0.05) is 0 Å². The molecule has 0 aromatic heterocycles. The lowest BCUT2D eigenvalue weighted by molar-refractivity contribution is -0.121. The van der Waals surface area contributed by atoms with Crippen LogP contribution in [-0.4, -0.2) is 50.1 Å². The molecule has 1 N–H and O–H groups in total. The molecule has 1 fully saturated rings. The quantitative estimate of drug-likeness (QED) is 0.718. The summed E-state index contributed by atoms with van der Waals surface area (Å²) in [6, 6.07) is -0.0564. The van der Waals surface area contributed by atoms with E-state index in [9.17, 15) is 9.59 Å². The van der Waals surface area contributed by atoms with Gasteiger partial charge in [-0.2, -0.15) is 0 Å². The molecule has 5 heteroatoms. The minimum Gasteiger partial charge on any atom is -0.383 e. The first-order valence-electron chi connectivity index (χ1n) is 5.67. The summed E-state index contributed by atoms with van der Waals surface area (Å²) in [6.45, 7) is 4.02. The van der Waals surface area contributed by atoms with Crippen LogP contribution in [0.3, 0.4) is 0 Å². The number of Topliss-reactive ketones (excluding diaryl/α,β-unsaturated/α-hetero) is 1. The molecule has 92 valence electrons. The van der Waals surface area contributed by atoms with E-state index in [0.717, 1.165) is 12.8 Å². The Bertz CT molecular complexity index is 248. The van der Waals surface area contributed by atoms with Crippen LogP contribution in [-0.2, 0) is 9.53 Å². The molecule has 0 aromatic rings. The first kappa shape index (κ1) is 13.0. The lowest BCUT2D eigenvalue weighted by Crippen LogP contribution is -2.46. The maximum absolute atomic E-state index is 11.6. The smallest absolute Gasteiger partial charge is 0.317 e. The molecule has 1 aliphatic rings. The van der Waals surface area contributed by atoms with Gasteiger partial charge in [-0.25, -0.2) is 4.79 Å². The Kier molecular flexibility index (Phi) is 5.25. The topological polar surface area (TPSA) is 58.6 Å². The Balaban J connectivity index is 2.25. The molecule has 0 bridgehead atoms. The summed E-state index contributed by atoms with van der Waals surface area (Å²) in [5.74, 6) is 0.377. The van der Waals surface area contributed by atoms with Gasteiger partial charge in [0.15, 0.2) is 0 Å². The van der Waals surface area contributed by atoms with E-state index in [4.69, 9.17) is 4.74 Å². The summed E-state index contributed by atoms with van der Waals surface area (Å²) < 4.78 is 4.85. The number of amides is 2. The molecule has 5 nitrogen and oxygen atoms in total. The third-order valence-electron chi connectivity index (χ3n) is 2.94. The van der Waals surface area contributed by atoms with Crippen molar-refractivity contribution >= 4 is 11.8 Å². The Morgan fingerprint density at radius 2 is 2.00 bits per heavy atom. The average Bonchev–Trinajstić information content (AvgIpc) is 2.29. The summed E-state index contributed by atoms with van der Waals surface area (Å²) >= 11 is 0. The number of hydrogen-bond donors (Lipinski definition) is 1. The van der Waals surface area contributed by atoms with E-state index >= 15 is 0 Å². The van der Waals surface area contributed by atoms with Crippen LogP contribution >= 0.6 is 0 Å². The lowest BCUT2D eigenvalue weighted by Gasteiger charge is -2.30.